The van der Waals surface area contributed by atoms with Crippen molar-refractivity contribution in [3.05, 3.63) is 34.3 Å². The van der Waals surface area contributed by atoms with Gasteiger partial charge in [0.2, 0.25) is 0 Å². The van der Waals surface area contributed by atoms with Crippen LogP contribution in [0.2, 0.25) is 5.02 Å². The van der Waals surface area contributed by atoms with Crippen LogP contribution in [0, 0.1) is 11.3 Å². The van der Waals surface area contributed by atoms with Gasteiger partial charge in [0, 0.05) is 24.7 Å². The Morgan fingerprint density at radius 3 is 2.47 bits per heavy atom. The van der Waals surface area contributed by atoms with Crippen LogP contribution in [0.3, 0.4) is 0 Å². The molecule has 1 aromatic carbocycles. The van der Waals surface area contributed by atoms with Gasteiger partial charge in [-0.2, -0.15) is 5.26 Å². The molecule has 0 radical (unpaired) electrons. The van der Waals surface area contributed by atoms with Crippen LogP contribution in [0.5, 0.6) is 0 Å². The molecule has 0 saturated heterocycles. The third kappa shape index (κ3) is 5.61. The van der Waals surface area contributed by atoms with Crippen LogP contribution in [0.1, 0.15) is 24.5 Å². The average Bonchev–Trinajstić information content (AvgIpc) is 2.38. The minimum absolute atomic E-state index is 0.615. The van der Waals surface area contributed by atoms with E-state index < -0.39 is 0 Å². The maximum Gasteiger partial charge on any atom is 0.0992 e. The normalized spacial score (nSPS) is 11.0. The number of hydrogen-bond acceptors (Lipinski definition) is 3. The molecular weight excluding hydrogens is 258 g/mol. The Morgan fingerprint density at radius 1 is 1.21 bits per heavy atom. The largest absolute Gasteiger partial charge is 0.308 e. The van der Waals surface area contributed by atoms with Crippen molar-refractivity contribution >= 4 is 11.6 Å². The van der Waals surface area contributed by atoms with Gasteiger partial charge in [0.1, 0.15) is 0 Å². The van der Waals surface area contributed by atoms with Gasteiger partial charge in [-0.05, 0) is 44.8 Å². The van der Waals surface area contributed by atoms with Crippen molar-refractivity contribution in [2.75, 3.05) is 33.7 Å². The number of nitriles is 1. The summed E-state index contributed by atoms with van der Waals surface area (Å²) >= 11 is 6.23. The second-order valence-electron chi connectivity index (χ2n) is 5.00. The summed E-state index contributed by atoms with van der Waals surface area (Å²) in [4.78, 5) is 4.58. The lowest BCUT2D eigenvalue weighted by Gasteiger charge is -2.24. The topological polar surface area (TPSA) is 30.3 Å². The predicted octanol–water partition coefficient (Wildman–Crippen LogP) is 2.99. The van der Waals surface area contributed by atoms with Gasteiger partial charge in [-0.25, -0.2) is 0 Å². The molecule has 0 aliphatic carbocycles. The van der Waals surface area contributed by atoms with Crippen LogP contribution in [0.4, 0.5) is 0 Å². The first-order valence-electron chi connectivity index (χ1n) is 6.62. The summed E-state index contributed by atoms with van der Waals surface area (Å²) in [5, 5.41) is 9.52. The molecule has 0 amide bonds. The van der Waals surface area contributed by atoms with E-state index in [1.54, 1.807) is 6.07 Å². The second-order valence-corrected chi connectivity index (χ2v) is 5.40. The maximum absolute atomic E-state index is 8.84. The van der Waals surface area contributed by atoms with Crippen LogP contribution in [-0.4, -0.2) is 43.5 Å². The Morgan fingerprint density at radius 2 is 1.95 bits per heavy atom. The van der Waals surface area contributed by atoms with E-state index in [1.807, 2.05) is 12.1 Å². The van der Waals surface area contributed by atoms with Crippen molar-refractivity contribution in [1.82, 2.24) is 9.80 Å². The van der Waals surface area contributed by atoms with Crippen molar-refractivity contribution in [3.8, 4) is 6.07 Å². The molecule has 0 aliphatic heterocycles. The molecule has 0 unspecified atom stereocenters. The number of likely N-dealkylation sites (N-methyl/N-ethyl adjacent to an activating group) is 1. The Kier molecular flexibility index (Phi) is 6.86. The Hall–Kier alpha value is -1.08. The molecule has 19 heavy (non-hydrogen) atoms. The third-order valence-corrected chi connectivity index (χ3v) is 3.33. The summed E-state index contributed by atoms with van der Waals surface area (Å²) < 4.78 is 0. The molecule has 1 rings (SSSR count). The fourth-order valence-electron chi connectivity index (χ4n) is 1.91. The monoisotopic (exact) mass is 279 g/mol. The molecular formula is C15H22ClN3. The SMILES string of the molecule is CCCN(CCN(C)C)Cc1ccc(C#N)cc1Cl. The van der Waals surface area contributed by atoms with Gasteiger partial charge in [0.05, 0.1) is 11.6 Å². The van der Waals surface area contributed by atoms with Gasteiger partial charge in [0.15, 0.2) is 0 Å². The molecule has 0 saturated carbocycles. The van der Waals surface area contributed by atoms with Crippen LogP contribution in [0.15, 0.2) is 18.2 Å². The first kappa shape index (κ1) is 16.0. The van der Waals surface area contributed by atoms with E-state index in [2.05, 4.69) is 36.9 Å². The molecule has 104 valence electrons. The first-order chi connectivity index (χ1) is 9.06. The van der Waals surface area contributed by atoms with Gasteiger partial charge in [-0.1, -0.05) is 24.6 Å². The van der Waals surface area contributed by atoms with E-state index >= 15 is 0 Å². The standard InChI is InChI=1S/C15H22ClN3/c1-4-7-19(9-8-18(2)3)12-14-6-5-13(11-17)10-15(14)16/h5-6,10H,4,7-9,12H2,1-3H3. The van der Waals surface area contributed by atoms with Crippen molar-refractivity contribution in [1.29, 1.82) is 5.26 Å². The lowest BCUT2D eigenvalue weighted by molar-refractivity contribution is 0.234. The molecule has 3 nitrogen and oxygen atoms in total. The van der Waals surface area contributed by atoms with Crippen molar-refractivity contribution in [2.24, 2.45) is 0 Å². The summed E-state index contributed by atoms with van der Waals surface area (Å²) in [6.45, 7) is 6.14. The van der Waals surface area contributed by atoms with Gasteiger partial charge in [-0.15, -0.1) is 0 Å². The smallest absolute Gasteiger partial charge is 0.0992 e. The Labute approximate surface area is 121 Å². The number of halogens is 1. The zero-order valence-electron chi connectivity index (χ0n) is 12.0. The summed E-state index contributed by atoms with van der Waals surface area (Å²) in [7, 11) is 4.16. The number of benzene rings is 1. The highest BCUT2D eigenvalue weighted by atomic mass is 35.5. The Balaban J connectivity index is 2.70. The van der Waals surface area contributed by atoms with Crippen molar-refractivity contribution in [2.45, 2.75) is 19.9 Å². The molecule has 0 heterocycles. The summed E-state index contributed by atoms with van der Waals surface area (Å²) in [5.41, 5.74) is 1.71. The van der Waals surface area contributed by atoms with Gasteiger partial charge in [-0.3, -0.25) is 4.90 Å². The number of rotatable bonds is 7. The number of hydrogen-bond donors (Lipinski definition) is 0. The van der Waals surface area contributed by atoms with E-state index in [0.717, 1.165) is 38.2 Å². The van der Waals surface area contributed by atoms with E-state index in [0.29, 0.717) is 10.6 Å². The minimum Gasteiger partial charge on any atom is -0.308 e. The van der Waals surface area contributed by atoms with Crippen LogP contribution in [0.25, 0.3) is 0 Å². The Bertz CT molecular complexity index is 438. The molecule has 0 spiro atoms. The highest BCUT2D eigenvalue weighted by molar-refractivity contribution is 6.31. The average molecular weight is 280 g/mol. The summed E-state index contributed by atoms with van der Waals surface area (Å²) in [6.07, 6.45) is 1.13. The zero-order chi connectivity index (χ0) is 14.3. The van der Waals surface area contributed by atoms with Gasteiger partial charge >= 0.3 is 0 Å². The lowest BCUT2D eigenvalue weighted by Crippen LogP contribution is -2.32. The van der Waals surface area contributed by atoms with E-state index in [-0.39, 0.29) is 0 Å². The molecule has 0 aromatic heterocycles. The molecule has 0 fully saturated rings. The third-order valence-electron chi connectivity index (χ3n) is 2.98. The minimum atomic E-state index is 0.615. The highest BCUT2D eigenvalue weighted by Gasteiger charge is 2.09. The van der Waals surface area contributed by atoms with E-state index in [1.165, 1.54) is 0 Å². The molecule has 0 atom stereocenters. The molecule has 0 N–H and O–H groups in total. The van der Waals surface area contributed by atoms with Crippen LogP contribution < -0.4 is 0 Å². The van der Waals surface area contributed by atoms with Crippen molar-refractivity contribution < 1.29 is 0 Å². The van der Waals surface area contributed by atoms with Crippen LogP contribution in [-0.2, 0) is 6.54 Å². The van der Waals surface area contributed by atoms with Gasteiger partial charge < -0.3 is 4.90 Å². The summed E-state index contributed by atoms with van der Waals surface area (Å²) in [6, 6.07) is 7.64. The van der Waals surface area contributed by atoms with Crippen molar-refractivity contribution in [3.63, 3.8) is 0 Å². The molecule has 0 aliphatic rings. The first-order valence-corrected chi connectivity index (χ1v) is 7.00. The van der Waals surface area contributed by atoms with E-state index in [4.69, 9.17) is 16.9 Å². The molecule has 1 aromatic rings. The predicted molar refractivity (Wildman–Crippen MR) is 80.3 cm³/mol. The highest BCUT2D eigenvalue weighted by Crippen LogP contribution is 2.19. The summed E-state index contributed by atoms with van der Waals surface area (Å²) in [5.74, 6) is 0. The quantitative estimate of drug-likeness (QED) is 0.769. The fourth-order valence-corrected chi connectivity index (χ4v) is 2.15. The lowest BCUT2D eigenvalue weighted by atomic mass is 10.1. The van der Waals surface area contributed by atoms with Gasteiger partial charge in [0.25, 0.3) is 0 Å². The number of nitrogens with zero attached hydrogens (tertiary/aromatic N) is 3. The zero-order valence-corrected chi connectivity index (χ0v) is 12.7. The van der Waals surface area contributed by atoms with E-state index in [9.17, 15) is 0 Å². The molecule has 4 heteroatoms. The molecule has 0 bridgehead atoms. The maximum atomic E-state index is 8.84. The van der Waals surface area contributed by atoms with Crippen LogP contribution >= 0.6 is 11.6 Å². The second kappa shape index (κ2) is 8.16. The fraction of sp³-hybridized carbons (Fsp3) is 0.533.